The van der Waals surface area contributed by atoms with Crippen LogP contribution in [0.5, 0.6) is 11.5 Å². The highest BCUT2D eigenvalue weighted by Gasteiger charge is 2.24. The molecule has 0 radical (unpaired) electrons. The summed E-state index contributed by atoms with van der Waals surface area (Å²) in [5, 5.41) is 2.72. The molecule has 2 N–H and O–H groups in total. The Bertz CT molecular complexity index is 880. The maximum atomic E-state index is 12.7. The minimum atomic E-state index is -3.00. The minimum Gasteiger partial charge on any atom is -0.493 e. The number of methoxy groups -OCH3 is 2. The molecule has 9 heteroatoms. The number of carbonyl (C=O) groups excluding carboxylic acids is 2. The fourth-order valence-electron chi connectivity index (χ4n) is 3.04. The monoisotopic (exact) mass is 410 g/mol. The number of H-pyrrole nitrogens is 1. The first kappa shape index (κ1) is 22.2. The molecule has 0 bridgehead atoms. The largest absolute Gasteiger partial charge is 0.493 e. The fraction of sp³-hybridized carbons (Fsp3) is 0.400. The summed E-state index contributed by atoms with van der Waals surface area (Å²) in [6.45, 7) is 0.704. The molecular weight excluding hydrogens is 386 g/mol. The van der Waals surface area contributed by atoms with Gasteiger partial charge < -0.3 is 24.5 Å². The van der Waals surface area contributed by atoms with E-state index in [2.05, 4.69) is 15.0 Å². The summed E-state index contributed by atoms with van der Waals surface area (Å²) in [6.07, 6.45) is 1.25. The number of rotatable bonds is 9. The Kier molecular flexibility index (Phi) is 7.58. The molecule has 0 aliphatic rings. The van der Waals surface area contributed by atoms with Gasteiger partial charge in [-0.2, -0.15) is 8.78 Å². The molecule has 1 heterocycles. The Morgan fingerprint density at radius 2 is 1.93 bits per heavy atom. The average molecular weight is 410 g/mol. The van der Waals surface area contributed by atoms with Crippen molar-refractivity contribution in [2.24, 2.45) is 0 Å². The number of hydrogen-bond acceptors (Lipinski definition) is 5. The van der Waals surface area contributed by atoms with E-state index >= 15 is 0 Å². The van der Waals surface area contributed by atoms with Crippen LogP contribution < -0.4 is 14.8 Å². The third-order valence-electron chi connectivity index (χ3n) is 4.30. The van der Waals surface area contributed by atoms with E-state index in [0.717, 1.165) is 6.42 Å². The molecule has 0 aliphatic heterocycles. The summed E-state index contributed by atoms with van der Waals surface area (Å²) in [4.78, 5) is 27.7. The minimum absolute atomic E-state index is 0.0691. The molecule has 29 heavy (non-hydrogen) atoms. The van der Waals surface area contributed by atoms with Gasteiger partial charge in [0, 0.05) is 12.2 Å². The summed E-state index contributed by atoms with van der Waals surface area (Å²) >= 11 is 0. The number of aryl methyl sites for hydroxylation is 1. The van der Waals surface area contributed by atoms with Crippen LogP contribution in [0.25, 0.3) is 0 Å². The first-order valence-corrected chi connectivity index (χ1v) is 9.02. The Labute approximate surface area is 167 Å². The van der Waals surface area contributed by atoms with E-state index in [1.54, 1.807) is 13.0 Å². The maximum absolute atomic E-state index is 12.7. The SMILES string of the molecule is CCCc1c(C(=O)NCc2ccc(OC)c(OC(F)F)c2)[nH]c(C)c1C(=O)OC. The number of halogens is 2. The van der Waals surface area contributed by atoms with Crippen molar-refractivity contribution in [1.29, 1.82) is 0 Å². The molecule has 1 aromatic carbocycles. The number of benzene rings is 1. The number of carbonyl (C=O) groups is 2. The third-order valence-corrected chi connectivity index (χ3v) is 4.30. The number of esters is 1. The van der Waals surface area contributed by atoms with Crippen LogP contribution in [-0.4, -0.2) is 37.7 Å². The van der Waals surface area contributed by atoms with Crippen LogP contribution in [0.1, 0.15) is 51.0 Å². The Morgan fingerprint density at radius 3 is 2.52 bits per heavy atom. The fourth-order valence-corrected chi connectivity index (χ4v) is 3.04. The highest BCUT2D eigenvalue weighted by molar-refractivity contribution is 6.00. The molecule has 0 saturated heterocycles. The van der Waals surface area contributed by atoms with Crippen molar-refractivity contribution in [3.63, 3.8) is 0 Å². The van der Waals surface area contributed by atoms with Crippen LogP contribution in [-0.2, 0) is 17.7 Å². The lowest BCUT2D eigenvalue weighted by atomic mass is 10.0. The van der Waals surface area contributed by atoms with Gasteiger partial charge in [0.2, 0.25) is 0 Å². The number of nitrogens with one attached hydrogen (secondary N) is 2. The smallest absolute Gasteiger partial charge is 0.387 e. The second-order valence-corrected chi connectivity index (χ2v) is 6.27. The second kappa shape index (κ2) is 9.90. The molecule has 158 valence electrons. The number of aromatic nitrogens is 1. The van der Waals surface area contributed by atoms with Crippen molar-refractivity contribution < 1.29 is 32.6 Å². The zero-order valence-corrected chi connectivity index (χ0v) is 16.7. The molecule has 1 amide bonds. The van der Waals surface area contributed by atoms with Crippen molar-refractivity contribution in [2.45, 2.75) is 39.8 Å². The van der Waals surface area contributed by atoms with Crippen molar-refractivity contribution in [3.05, 3.63) is 46.3 Å². The number of hydrogen-bond donors (Lipinski definition) is 2. The van der Waals surface area contributed by atoms with Gasteiger partial charge in [-0.25, -0.2) is 4.79 Å². The zero-order chi connectivity index (χ0) is 21.6. The molecule has 2 rings (SSSR count). The van der Waals surface area contributed by atoms with E-state index in [0.29, 0.717) is 28.8 Å². The van der Waals surface area contributed by atoms with Crippen molar-refractivity contribution >= 4 is 11.9 Å². The number of aromatic amines is 1. The molecule has 0 saturated carbocycles. The number of alkyl halides is 2. The molecular formula is C20H24F2N2O5. The number of amides is 1. The van der Waals surface area contributed by atoms with Crippen molar-refractivity contribution in [1.82, 2.24) is 10.3 Å². The van der Waals surface area contributed by atoms with Gasteiger partial charge in [-0.1, -0.05) is 19.4 Å². The third kappa shape index (κ3) is 5.24. The first-order chi connectivity index (χ1) is 13.8. The topological polar surface area (TPSA) is 89.7 Å². The summed E-state index contributed by atoms with van der Waals surface area (Å²) in [5.74, 6) is -0.887. The highest BCUT2D eigenvalue weighted by atomic mass is 19.3. The van der Waals surface area contributed by atoms with Crippen LogP contribution in [0.2, 0.25) is 0 Å². The predicted molar refractivity (Wildman–Crippen MR) is 102 cm³/mol. The van der Waals surface area contributed by atoms with E-state index in [9.17, 15) is 18.4 Å². The normalized spacial score (nSPS) is 10.7. The van der Waals surface area contributed by atoms with Gasteiger partial charge in [-0.3, -0.25) is 4.79 Å². The Balaban J connectivity index is 2.22. The lowest BCUT2D eigenvalue weighted by molar-refractivity contribution is -0.0512. The van der Waals surface area contributed by atoms with Crippen LogP contribution in [0.3, 0.4) is 0 Å². The van der Waals surface area contributed by atoms with Gasteiger partial charge in [-0.15, -0.1) is 0 Å². The summed E-state index contributed by atoms with van der Waals surface area (Å²) in [7, 11) is 2.63. The highest BCUT2D eigenvalue weighted by Crippen LogP contribution is 2.29. The zero-order valence-electron chi connectivity index (χ0n) is 16.7. The molecule has 7 nitrogen and oxygen atoms in total. The molecule has 0 fully saturated rings. The van der Waals surface area contributed by atoms with Gasteiger partial charge >= 0.3 is 12.6 Å². The van der Waals surface area contributed by atoms with Crippen LogP contribution in [0, 0.1) is 6.92 Å². The summed E-state index contributed by atoms with van der Waals surface area (Å²) in [5.41, 5.74) is 2.32. The van der Waals surface area contributed by atoms with E-state index in [-0.39, 0.29) is 23.7 Å². The maximum Gasteiger partial charge on any atom is 0.387 e. The molecule has 0 unspecified atom stereocenters. The van der Waals surface area contributed by atoms with Gasteiger partial charge in [0.1, 0.15) is 5.69 Å². The standard InChI is InChI=1S/C20H24F2N2O5/c1-5-6-13-16(19(26)28-4)11(2)24-17(13)18(25)23-10-12-7-8-14(27-3)15(9-12)29-20(21)22/h7-9,20,24H,5-6,10H2,1-4H3,(H,23,25). The van der Waals surface area contributed by atoms with Crippen molar-refractivity contribution in [2.75, 3.05) is 14.2 Å². The van der Waals surface area contributed by atoms with E-state index in [1.807, 2.05) is 6.92 Å². The quantitative estimate of drug-likeness (QED) is 0.617. The molecule has 0 atom stereocenters. The average Bonchev–Trinajstić information content (AvgIpc) is 3.01. The summed E-state index contributed by atoms with van der Waals surface area (Å²) < 4.78 is 39.4. The molecule has 2 aromatic rings. The van der Waals surface area contributed by atoms with Gasteiger partial charge in [-0.05, 0) is 36.6 Å². The van der Waals surface area contributed by atoms with E-state index in [4.69, 9.17) is 9.47 Å². The van der Waals surface area contributed by atoms with Gasteiger partial charge in [0.05, 0.1) is 19.8 Å². The van der Waals surface area contributed by atoms with E-state index in [1.165, 1.54) is 26.4 Å². The van der Waals surface area contributed by atoms with Crippen LogP contribution in [0.4, 0.5) is 8.78 Å². The lowest BCUT2D eigenvalue weighted by Gasteiger charge is -2.12. The molecule has 0 spiro atoms. The van der Waals surface area contributed by atoms with Crippen LogP contribution in [0.15, 0.2) is 18.2 Å². The van der Waals surface area contributed by atoms with Crippen LogP contribution >= 0.6 is 0 Å². The molecule has 0 aliphatic carbocycles. The van der Waals surface area contributed by atoms with Crippen molar-refractivity contribution in [3.8, 4) is 11.5 Å². The number of ether oxygens (including phenoxy) is 3. The lowest BCUT2D eigenvalue weighted by Crippen LogP contribution is -2.24. The predicted octanol–water partition coefficient (Wildman–Crippen LogP) is 3.60. The summed E-state index contributed by atoms with van der Waals surface area (Å²) in [6, 6.07) is 4.48. The first-order valence-electron chi connectivity index (χ1n) is 9.02. The van der Waals surface area contributed by atoms with Gasteiger partial charge in [0.25, 0.3) is 5.91 Å². The Hall–Kier alpha value is -3.10. The van der Waals surface area contributed by atoms with Gasteiger partial charge in [0.15, 0.2) is 11.5 Å². The molecule has 1 aromatic heterocycles. The Morgan fingerprint density at radius 1 is 1.21 bits per heavy atom. The second-order valence-electron chi connectivity index (χ2n) is 6.27. The van der Waals surface area contributed by atoms with E-state index < -0.39 is 18.5 Å².